The fourth-order valence-corrected chi connectivity index (χ4v) is 4.59. The average Bonchev–Trinajstić information content (AvgIpc) is 3.40. The van der Waals surface area contributed by atoms with Gasteiger partial charge in [-0.15, -0.1) is 0 Å². The molecular formula is C25H28N2O6. The highest BCUT2D eigenvalue weighted by Gasteiger charge is 2.37. The van der Waals surface area contributed by atoms with Crippen molar-refractivity contribution in [3.63, 3.8) is 0 Å². The topological polar surface area (TPSA) is 114 Å². The highest BCUT2D eigenvalue weighted by Crippen LogP contribution is 2.44. The second kappa shape index (κ2) is 10.0. The smallest absolute Gasteiger partial charge is 0.407 e. The highest BCUT2D eigenvalue weighted by atomic mass is 16.6. The number of aliphatic carboxylic acids is 1. The van der Waals surface area contributed by atoms with Gasteiger partial charge < -0.3 is 25.2 Å². The van der Waals surface area contributed by atoms with E-state index in [1.807, 2.05) is 43.3 Å². The fraction of sp³-hybridized carbons (Fsp3) is 0.400. The maximum Gasteiger partial charge on any atom is 0.407 e. The van der Waals surface area contributed by atoms with Crippen molar-refractivity contribution < 1.29 is 29.0 Å². The number of fused-ring (bicyclic) bond motifs is 3. The zero-order valence-electron chi connectivity index (χ0n) is 18.5. The average molecular weight is 453 g/mol. The zero-order chi connectivity index (χ0) is 23.4. The maximum absolute atomic E-state index is 12.6. The molecule has 33 heavy (non-hydrogen) atoms. The van der Waals surface area contributed by atoms with Crippen LogP contribution in [-0.2, 0) is 19.1 Å². The van der Waals surface area contributed by atoms with Crippen molar-refractivity contribution in [3.8, 4) is 11.1 Å². The molecule has 1 heterocycles. The zero-order valence-corrected chi connectivity index (χ0v) is 18.5. The minimum Gasteiger partial charge on any atom is -0.480 e. The van der Waals surface area contributed by atoms with Crippen LogP contribution >= 0.6 is 0 Å². The molecular weight excluding hydrogens is 424 g/mol. The van der Waals surface area contributed by atoms with Gasteiger partial charge in [0.2, 0.25) is 0 Å². The monoisotopic (exact) mass is 452 g/mol. The summed E-state index contributed by atoms with van der Waals surface area (Å²) in [4.78, 5) is 36.5. The molecule has 2 aromatic rings. The third-order valence-electron chi connectivity index (χ3n) is 6.19. The Labute approximate surface area is 192 Å². The van der Waals surface area contributed by atoms with Crippen molar-refractivity contribution in [2.75, 3.05) is 13.2 Å². The van der Waals surface area contributed by atoms with Crippen molar-refractivity contribution in [2.24, 2.45) is 0 Å². The predicted molar refractivity (Wildman–Crippen MR) is 121 cm³/mol. The van der Waals surface area contributed by atoms with Crippen LogP contribution in [0.1, 0.15) is 43.2 Å². The number of carboxylic acids is 1. The Bertz CT molecular complexity index is 994. The van der Waals surface area contributed by atoms with Gasteiger partial charge in [0.25, 0.3) is 5.91 Å². The van der Waals surface area contributed by atoms with Crippen molar-refractivity contribution in [1.82, 2.24) is 10.6 Å². The van der Waals surface area contributed by atoms with Gasteiger partial charge in [-0.2, -0.15) is 0 Å². The first-order valence-electron chi connectivity index (χ1n) is 11.3. The molecule has 1 aliphatic heterocycles. The van der Waals surface area contributed by atoms with Crippen LogP contribution in [0.2, 0.25) is 0 Å². The molecule has 8 heteroatoms. The van der Waals surface area contributed by atoms with E-state index < -0.39 is 36.2 Å². The van der Waals surface area contributed by atoms with Gasteiger partial charge in [-0.05, 0) is 35.1 Å². The van der Waals surface area contributed by atoms with E-state index in [1.165, 1.54) is 0 Å². The van der Waals surface area contributed by atoms with Crippen molar-refractivity contribution >= 4 is 18.0 Å². The van der Waals surface area contributed by atoms with Gasteiger partial charge in [0, 0.05) is 12.5 Å². The number of alkyl carbamates (subject to hydrolysis) is 1. The molecule has 1 unspecified atom stereocenters. The molecule has 2 aromatic carbocycles. The van der Waals surface area contributed by atoms with Crippen LogP contribution in [0.4, 0.5) is 4.79 Å². The molecule has 174 valence electrons. The summed E-state index contributed by atoms with van der Waals surface area (Å²) in [5, 5.41) is 14.5. The van der Waals surface area contributed by atoms with E-state index in [9.17, 15) is 19.5 Å². The molecule has 3 N–H and O–H groups in total. The molecule has 0 saturated carbocycles. The number of hydrogen-bond acceptors (Lipinski definition) is 5. The summed E-state index contributed by atoms with van der Waals surface area (Å²) >= 11 is 0. The summed E-state index contributed by atoms with van der Waals surface area (Å²) in [6.07, 6.45) is -0.214. The van der Waals surface area contributed by atoms with E-state index in [1.54, 1.807) is 0 Å². The Kier molecular flexibility index (Phi) is 6.93. The Morgan fingerprint density at radius 1 is 1.09 bits per heavy atom. The van der Waals surface area contributed by atoms with E-state index in [4.69, 9.17) is 9.47 Å². The number of carbonyl (C=O) groups is 3. The number of carbonyl (C=O) groups excluding carboxylic acids is 2. The highest BCUT2D eigenvalue weighted by molar-refractivity contribution is 5.87. The van der Waals surface area contributed by atoms with Crippen LogP contribution in [0, 0.1) is 0 Å². The van der Waals surface area contributed by atoms with E-state index >= 15 is 0 Å². The third-order valence-corrected chi connectivity index (χ3v) is 6.19. The summed E-state index contributed by atoms with van der Waals surface area (Å²) < 4.78 is 11.0. The van der Waals surface area contributed by atoms with Gasteiger partial charge in [0.05, 0.1) is 6.04 Å². The number of amides is 2. The van der Waals surface area contributed by atoms with Crippen LogP contribution in [0.3, 0.4) is 0 Å². The minimum atomic E-state index is -1.09. The van der Waals surface area contributed by atoms with Crippen molar-refractivity contribution in [2.45, 2.75) is 50.3 Å². The summed E-state index contributed by atoms with van der Waals surface area (Å²) in [6.45, 7) is 2.30. The number of nitrogens with one attached hydrogen (secondary N) is 2. The lowest BCUT2D eigenvalue weighted by atomic mass is 9.98. The molecule has 0 bridgehead atoms. The fourth-order valence-electron chi connectivity index (χ4n) is 4.59. The Hall–Kier alpha value is -3.39. The number of ether oxygens (including phenoxy) is 2. The molecule has 1 fully saturated rings. The van der Waals surface area contributed by atoms with Gasteiger partial charge in [0.1, 0.15) is 12.6 Å². The molecule has 2 aliphatic rings. The van der Waals surface area contributed by atoms with Crippen LogP contribution in [0.5, 0.6) is 0 Å². The van der Waals surface area contributed by atoms with Crippen LogP contribution in [0.25, 0.3) is 11.1 Å². The summed E-state index contributed by atoms with van der Waals surface area (Å²) in [5.41, 5.74) is 4.51. The van der Waals surface area contributed by atoms with Gasteiger partial charge in [-0.3, -0.25) is 4.79 Å². The molecule has 0 spiro atoms. The maximum atomic E-state index is 12.6. The first-order chi connectivity index (χ1) is 16.0. The number of benzene rings is 2. The van der Waals surface area contributed by atoms with E-state index in [0.717, 1.165) is 22.3 Å². The quantitative estimate of drug-likeness (QED) is 0.567. The molecule has 4 rings (SSSR count). The largest absolute Gasteiger partial charge is 0.480 e. The standard InChI is InChI=1S/C25H28N2O6/c1-2-7-21(24(29)30)26-23(28)22-20(12-13-32-22)27-25(31)33-14-19-17-10-5-3-8-15(17)16-9-4-6-11-18(16)19/h3-6,8-11,19-22H,2,7,12-14H2,1H3,(H,26,28)(H,27,31)(H,29,30)/t20-,21?,22+/m0/s1. The number of rotatable bonds is 8. The van der Waals surface area contributed by atoms with Gasteiger partial charge in [-0.1, -0.05) is 61.9 Å². The lowest BCUT2D eigenvalue weighted by Crippen LogP contribution is -2.52. The minimum absolute atomic E-state index is 0.0626. The molecule has 2 amide bonds. The van der Waals surface area contributed by atoms with E-state index in [-0.39, 0.29) is 19.1 Å². The molecule has 0 radical (unpaired) electrons. The lowest BCUT2D eigenvalue weighted by molar-refractivity contribution is -0.144. The van der Waals surface area contributed by atoms with Crippen LogP contribution in [-0.4, -0.2) is 54.5 Å². The summed E-state index contributed by atoms with van der Waals surface area (Å²) in [6, 6.07) is 14.6. The predicted octanol–water partition coefficient (Wildman–Crippen LogP) is 3.05. The van der Waals surface area contributed by atoms with Crippen LogP contribution < -0.4 is 10.6 Å². The summed E-state index contributed by atoms with van der Waals surface area (Å²) in [5.74, 6) is -1.70. The molecule has 3 atom stereocenters. The van der Waals surface area contributed by atoms with E-state index in [2.05, 4.69) is 22.8 Å². The Morgan fingerprint density at radius 3 is 2.33 bits per heavy atom. The van der Waals surface area contributed by atoms with Gasteiger partial charge >= 0.3 is 12.1 Å². The first-order valence-corrected chi connectivity index (χ1v) is 11.3. The van der Waals surface area contributed by atoms with Crippen LogP contribution in [0.15, 0.2) is 48.5 Å². The molecule has 0 aromatic heterocycles. The Balaban J connectivity index is 1.36. The van der Waals surface area contributed by atoms with Crippen molar-refractivity contribution in [3.05, 3.63) is 59.7 Å². The normalized spacial score (nSPS) is 19.9. The summed E-state index contributed by atoms with van der Waals surface area (Å²) in [7, 11) is 0. The molecule has 1 saturated heterocycles. The number of carboxylic acid groups (broad SMARTS) is 1. The third kappa shape index (κ3) is 4.85. The van der Waals surface area contributed by atoms with E-state index in [0.29, 0.717) is 19.3 Å². The number of hydrogen-bond donors (Lipinski definition) is 3. The second-order valence-corrected chi connectivity index (χ2v) is 8.34. The second-order valence-electron chi connectivity index (χ2n) is 8.34. The van der Waals surface area contributed by atoms with Gasteiger partial charge in [0.15, 0.2) is 6.10 Å². The Morgan fingerprint density at radius 2 is 1.73 bits per heavy atom. The lowest BCUT2D eigenvalue weighted by Gasteiger charge is -2.22. The molecule has 1 aliphatic carbocycles. The SMILES string of the molecule is CCCC(NC(=O)[C@@H]1OCC[C@@H]1NC(=O)OCC1c2ccccc2-c2ccccc21)C(=O)O. The van der Waals surface area contributed by atoms with Crippen molar-refractivity contribution in [1.29, 1.82) is 0 Å². The van der Waals surface area contributed by atoms with Gasteiger partial charge in [-0.25, -0.2) is 9.59 Å². The molecule has 8 nitrogen and oxygen atoms in total. The first kappa shape index (κ1) is 22.8.